The maximum absolute atomic E-state index is 11.9. The molecule has 0 aromatic carbocycles. The summed E-state index contributed by atoms with van der Waals surface area (Å²) in [7, 11) is 1.62. The second kappa shape index (κ2) is 4.65. The average molecular weight is 241 g/mol. The van der Waals surface area contributed by atoms with Gasteiger partial charge in [0.2, 0.25) is 5.91 Å². The Labute approximate surface area is 98.5 Å². The molecule has 4 nitrogen and oxygen atoms in total. The molecule has 0 aliphatic heterocycles. The van der Waals surface area contributed by atoms with Crippen molar-refractivity contribution in [2.75, 3.05) is 7.05 Å². The lowest BCUT2D eigenvalue weighted by atomic mass is 9.92. The Morgan fingerprint density at radius 3 is 2.56 bits per heavy atom. The van der Waals surface area contributed by atoms with Gasteiger partial charge in [0, 0.05) is 11.9 Å². The number of carbonyl (C=O) groups is 2. The number of aliphatic carboxylic acids is 1. The Balaban J connectivity index is 2.71. The highest BCUT2D eigenvalue weighted by Gasteiger charge is 2.38. The first-order valence-corrected chi connectivity index (χ1v) is 5.75. The van der Waals surface area contributed by atoms with Gasteiger partial charge in [-0.1, -0.05) is 6.07 Å². The van der Waals surface area contributed by atoms with E-state index in [1.807, 2.05) is 17.5 Å². The minimum absolute atomic E-state index is 0.381. The lowest BCUT2D eigenvalue weighted by molar-refractivity contribution is -0.157. The molecule has 0 saturated heterocycles. The number of hydrogen-bond acceptors (Lipinski definition) is 3. The van der Waals surface area contributed by atoms with Crippen LogP contribution < -0.4 is 0 Å². The number of rotatable bonds is 4. The summed E-state index contributed by atoms with van der Waals surface area (Å²) in [5.74, 6) is -1.48. The third-order valence-electron chi connectivity index (χ3n) is 2.39. The fourth-order valence-electron chi connectivity index (χ4n) is 1.28. The standard InChI is InChI=1S/C11H15NO3S/c1-11(2,10(14)15)9(13)12(3)7-8-5-4-6-16-8/h4-6H,7H2,1-3H3,(H,14,15). The molecule has 0 bridgehead atoms. The first-order valence-electron chi connectivity index (χ1n) is 4.87. The Hall–Kier alpha value is -1.36. The molecule has 16 heavy (non-hydrogen) atoms. The second-order valence-corrected chi connectivity index (χ2v) is 5.20. The fourth-order valence-corrected chi connectivity index (χ4v) is 2.03. The SMILES string of the molecule is CN(Cc1cccs1)C(=O)C(C)(C)C(=O)O. The summed E-state index contributed by atoms with van der Waals surface area (Å²) in [6.45, 7) is 3.29. The van der Waals surface area contributed by atoms with Gasteiger partial charge in [0.25, 0.3) is 0 Å². The number of carbonyl (C=O) groups excluding carboxylic acids is 1. The van der Waals surface area contributed by atoms with Crippen molar-refractivity contribution in [1.29, 1.82) is 0 Å². The predicted octanol–water partition coefficient (Wildman–Crippen LogP) is 1.82. The van der Waals surface area contributed by atoms with Crippen LogP contribution in [-0.4, -0.2) is 28.9 Å². The Morgan fingerprint density at radius 2 is 2.12 bits per heavy atom. The molecular formula is C11H15NO3S. The minimum atomic E-state index is -1.37. The molecule has 0 atom stereocenters. The predicted molar refractivity (Wildman–Crippen MR) is 62.2 cm³/mol. The molecule has 88 valence electrons. The molecule has 0 aliphatic rings. The average Bonchev–Trinajstić information content (AvgIpc) is 2.68. The van der Waals surface area contributed by atoms with Crippen LogP contribution in [0.15, 0.2) is 17.5 Å². The molecule has 0 unspecified atom stereocenters. The summed E-state index contributed by atoms with van der Waals surface area (Å²) in [5.41, 5.74) is -1.37. The van der Waals surface area contributed by atoms with Crippen molar-refractivity contribution < 1.29 is 14.7 Å². The molecule has 1 aromatic heterocycles. The second-order valence-electron chi connectivity index (χ2n) is 4.17. The van der Waals surface area contributed by atoms with Crippen LogP contribution in [0.1, 0.15) is 18.7 Å². The van der Waals surface area contributed by atoms with Crippen LogP contribution >= 0.6 is 11.3 Å². The van der Waals surface area contributed by atoms with Crippen molar-refractivity contribution in [2.45, 2.75) is 20.4 Å². The molecule has 0 aliphatic carbocycles. The third-order valence-corrected chi connectivity index (χ3v) is 3.25. The van der Waals surface area contributed by atoms with E-state index in [2.05, 4.69) is 0 Å². The molecule has 1 rings (SSSR count). The van der Waals surface area contributed by atoms with Gasteiger partial charge in [0.1, 0.15) is 5.41 Å². The quantitative estimate of drug-likeness (QED) is 0.818. The number of hydrogen-bond donors (Lipinski definition) is 1. The van der Waals surface area contributed by atoms with Gasteiger partial charge in [-0.2, -0.15) is 0 Å². The van der Waals surface area contributed by atoms with Crippen LogP contribution in [0.2, 0.25) is 0 Å². The summed E-state index contributed by atoms with van der Waals surface area (Å²) < 4.78 is 0. The van der Waals surface area contributed by atoms with Gasteiger partial charge in [-0.15, -0.1) is 11.3 Å². The van der Waals surface area contributed by atoms with Gasteiger partial charge < -0.3 is 10.0 Å². The molecular weight excluding hydrogens is 226 g/mol. The van der Waals surface area contributed by atoms with E-state index < -0.39 is 11.4 Å². The van der Waals surface area contributed by atoms with Gasteiger partial charge in [-0.25, -0.2) is 0 Å². The van der Waals surface area contributed by atoms with Gasteiger partial charge in [0.05, 0.1) is 6.54 Å². The zero-order valence-corrected chi connectivity index (χ0v) is 10.4. The largest absolute Gasteiger partial charge is 0.480 e. The molecule has 1 amide bonds. The molecule has 0 radical (unpaired) electrons. The lowest BCUT2D eigenvalue weighted by Gasteiger charge is -2.25. The van der Waals surface area contributed by atoms with E-state index in [0.717, 1.165) is 4.88 Å². The highest BCUT2D eigenvalue weighted by molar-refractivity contribution is 7.09. The summed E-state index contributed by atoms with van der Waals surface area (Å²) in [6.07, 6.45) is 0. The Kier molecular flexibility index (Phi) is 3.70. The van der Waals surface area contributed by atoms with Gasteiger partial charge in [-0.05, 0) is 25.3 Å². The maximum atomic E-state index is 11.9. The van der Waals surface area contributed by atoms with Crippen LogP contribution in [0.3, 0.4) is 0 Å². The van der Waals surface area contributed by atoms with Crippen molar-refractivity contribution in [3.05, 3.63) is 22.4 Å². The topological polar surface area (TPSA) is 57.6 Å². The van der Waals surface area contributed by atoms with Crippen molar-refractivity contribution in [2.24, 2.45) is 5.41 Å². The third kappa shape index (κ3) is 2.61. The lowest BCUT2D eigenvalue weighted by Crippen LogP contribution is -2.42. The summed E-state index contributed by atoms with van der Waals surface area (Å²) in [6, 6.07) is 3.82. The molecule has 0 fully saturated rings. The molecule has 1 heterocycles. The van der Waals surface area contributed by atoms with Gasteiger partial charge in [-0.3, -0.25) is 9.59 Å². The molecule has 5 heteroatoms. The zero-order valence-electron chi connectivity index (χ0n) is 9.56. The normalized spacial score (nSPS) is 11.2. The van der Waals surface area contributed by atoms with E-state index in [1.165, 1.54) is 18.7 Å². The van der Waals surface area contributed by atoms with Crippen molar-refractivity contribution in [3.8, 4) is 0 Å². The zero-order chi connectivity index (χ0) is 12.3. The highest BCUT2D eigenvalue weighted by Crippen LogP contribution is 2.20. The van der Waals surface area contributed by atoms with Crippen LogP contribution in [0.4, 0.5) is 0 Å². The van der Waals surface area contributed by atoms with Crippen molar-refractivity contribution >= 4 is 23.2 Å². The van der Waals surface area contributed by atoms with Crippen molar-refractivity contribution in [3.63, 3.8) is 0 Å². The Morgan fingerprint density at radius 1 is 1.50 bits per heavy atom. The first kappa shape index (κ1) is 12.7. The number of thiophene rings is 1. The molecule has 0 saturated carbocycles. The van der Waals surface area contributed by atoms with E-state index in [-0.39, 0.29) is 5.91 Å². The number of carboxylic acid groups (broad SMARTS) is 1. The highest BCUT2D eigenvalue weighted by atomic mass is 32.1. The van der Waals surface area contributed by atoms with Crippen LogP contribution in [0, 0.1) is 5.41 Å². The molecule has 1 N–H and O–H groups in total. The maximum Gasteiger partial charge on any atom is 0.318 e. The van der Waals surface area contributed by atoms with Crippen LogP contribution in [-0.2, 0) is 16.1 Å². The van der Waals surface area contributed by atoms with Crippen LogP contribution in [0.25, 0.3) is 0 Å². The summed E-state index contributed by atoms with van der Waals surface area (Å²) in [5, 5.41) is 10.9. The number of nitrogens with zero attached hydrogens (tertiary/aromatic N) is 1. The van der Waals surface area contributed by atoms with E-state index in [4.69, 9.17) is 5.11 Å². The Bertz CT molecular complexity index is 384. The first-order chi connectivity index (χ1) is 7.35. The van der Waals surface area contributed by atoms with Crippen molar-refractivity contribution in [1.82, 2.24) is 4.90 Å². The number of amides is 1. The van der Waals surface area contributed by atoms with E-state index in [1.54, 1.807) is 18.4 Å². The van der Waals surface area contributed by atoms with Crippen LogP contribution in [0.5, 0.6) is 0 Å². The molecule has 1 aromatic rings. The summed E-state index contributed by atoms with van der Waals surface area (Å²) >= 11 is 1.55. The van der Waals surface area contributed by atoms with Gasteiger partial charge in [0.15, 0.2) is 0 Å². The summed E-state index contributed by atoms with van der Waals surface area (Å²) in [4.78, 5) is 25.3. The van der Waals surface area contributed by atoms with E-state index >= 15 is 0 Å². The van der Waals surface area contributed by atoms with E-state index in [0.29, 0.717) is 6.54 Å². The monoisotopic (exact) mass is 241 g/mol. The van der Waals surface area contributed by atoms with Gasteiger partial charge >= 0.3 is 5.97 Å². The molecule has 0 spiro atoms. The fraction of sp³-hybridized carbons (Fsp3) is 0.455. The minimum Gasteiger partial charge on any atom is -0.480 e. The number of carboxylic acids is 1. The van der Waals surface area contributed by atoms with E-state index in [9.17, 15) is 9.59 Å². The smallest absolute Gasteiger partial charge is 0.318 e.